The third kappa shape index (κ3) is 1.68. The summed E-state index contributed by atoms with van der Waals surface area (Å²) < 4.78 is 9.79. The number of hydrogen-bond donors (Lipinski definition) is 0. The van der Waals surface area contributed by atoms with E-state index in [9.17, 15) is 0 Å². The average molecular weight is 114 g/mol. The Kier molecular flexibility index (Phi) is 2.80. The van der Waals surface area contributed by atoms with Crippen LogP contribution in [0.4, 0.5) is 0 Å². The molecule has 0 heterocycles. The minimum atomic E-state index is -0.611. The van der Waals surface area contributed by atoms with Gasteiger partial charge in [-0.1, -0.05) is 6.58 Å². The van der Waals surface area contributed by atoms with Crippen LogP contribution in [-0.4, -0.2) is 27.8 Å². The highest BCUT2D eigenvalue weighted by atomic mass is 16.7. The molecule has 0 aliphatic carbocycles. The van der Waals surface area contributed by atoms with Gasteiger partial charge in [-0.3, -0.25) is 0 Å². The normalized spacial score (nSPS) is 11.2. The summed E-state index contributed by atoms with van der Waals surface area (Å²) in [6.45, 7) is 3.52. The summed E-state index contributed by atoms with van der Waals surface area (Å²) >= 11 is 0. The molecule has 0 fully saturated rings. The van der Waals surface area contributed by atoms with Gasteiger partial charge in [-0.25, -0.2) is 0 Å². The predicted molar refractivity (Wildman–Crippen MR) is 35.5 cm³/mol. The van der Waals surface area contributed by atoms with Crippen molar-refractivity contribution in [3.63, 3.8) is 0 Å². The van der Waals surface area contributed by atoms with Crippen LogP contribution >= 0.6 is 0 Å². The Hall–Kier alpha value is -0.275. The maximum absolute atomic E-state index is 4.90. The van der Waals surface area contributed by atoms with E-state index in [2.05, 4.69) is 6.58 Å². The Labute approximate surface area is 50.9 Å². The molecule has 0 aromatic rings. The first-order chi connectivity index (χ1) is 3.68. The fraction of sp³-hybridized carbons (Fsp3) is 0.600. The first kappa shape index (κ1) is 7.72. The molecule has 2 nitrogen and oxygen atoms in total. The van der Waals surface area contributed by atoms with Gasteiger partial charge in [-0.15, -0.1) is 0 Å². The molecule has 3 heteroatoms. The maximum atomic E-state index is 4.90. The lowest BCUT2D eigenvalue weighted by Crippen LogP contribution is -2.30. The number of rotatable bonds is 3. The summed E-state index contributed by atoms with van der Waals surface area (Å²) in [6, 6.07) is 0. The smallest absolute Gasteiger partial charge is 0.184 e. The third-order valence-corrected chi connectivity index (χ3v) is 1.18. The predicted octanol–water partition coefficient (Wildman–Crippen LogP) is -0.248. The lowest BCUT2D eigenvalue weighted by Gasteiger charge is -2.21. The molecule has 0 unspecified atom stereocenters. The van der Waals surface area contributed by atoms with E-state index in [-0.39, 0.29) is 0 Å². The van der Waals surface area contributed by atoms with Crippen molar-refractivity contribution in [3.8, 4) is 0 Å². The summed E-state index contributed by atoms with van der Waals surface area (Å²) in [5.41, 5.74) is -0.611. The molecule has 0 spiro atoms. The standard InChI is InChI=1S/C5H11BO2/c1-4-5(6,7-2)8-3/h4H,1,6H2,2-3H3. The molecular weight excluding hydrogens is 103 g/mol. The van der Waals surface area contributed by atoms with E-state index < -0.39 is 5.69 Å². The van der Waals surface area contributed by atoms with E-state index in [1.165, 1.54) is 0 Å². The van der Waals surface area contributed by atoms with Crippen LogP contribution in [0.1, 0.15) is 0 Å². The quantitative estimate of drug-likeness (QED) is 0.286. The van der Waals surface area contributed by atoms with Crippen LogP contribution < -0.4 is 0 Å². The van der Waals surface area contributed by atoms with Crippen LogP contribution in [0.25, 0.3) is 0 Å². The van der Waals surface area contributed by atoms with Crippen molar-refractivity contribution in [2.24, 2.45) is 0 Å². The molecule has 0 aliphatic rings. The summed E-state index contributed by atoms with van der Waals surface area (Å²) in [5.74, 6) is 0. The Balaban J connectivity index is 3.76. The molecule has 0 saturated carbocycles. The third-order valence-electron chi connectivity index (χ3n) is 1.18. The molecule has 0 radical (unpaired) electrons. The van der Waals surface area contributed by atoms with Gasteiger partial charge in [0.15, 0.2) is 7.85 Å². The molecule has 0 saturated heterocycles. The monoisotopic (exact) mass is 114 g/mol. The second-order valence-electron chi connectivity index (χ2n) is 1.63. The second kappa shape index (κ2) is 2.90. The van der Waals surface area contributed by atoms with Crippen molar-refractivity contribution >= 4 is 7.85 Å². The van der Waals surface area contributed by atoms with Gasteiger partial charge in [0.25, 0.3) is 0 Å². The topological polar surface area (TPSA) is 18.5 Å². The highest BCUT2D eigenvalue weighted by molar-refractivity contribution is 6.14. The number of hydrogen-bond acceptors (Lipinski definition) is 2. The number of methoxy groups -OCH3 is 2. The van der Waals surface area contributed by atoms with Gasteiger partial charge in [0.2, 0.25) is 0 Å². The zero-order chi connectivity index (χ0) is 6.62. The van der Waals surface area contributed by atoms with E-state index >= 15 is 0 Å². The van der Waals surface area contributed by atoms with E-state index in [4.69, 9.17) is 9.47 Å². The molecule has 0 amide bonds. The van der Waals surface area contributed by atoms with Gasteiger partial charge in [0.05, 0.1) is 0 Å². The van der Waals surface area contributed by atoms with E-state index in [1.807, 2.05) is 0 Å². The van der Waals surface area contributed by atoms with Crippen LogP contribution in [0, 0.1) is 0 Å². The lowest BCUT2D eigenvalue weighted by molar-refractivity contribution is -0.105. The van der Waals surface area contributed by atoms with Crippen LogP contribution in [0.5, 0.6) is 0 Å². The van der Waals surface area contributed by atoms with Gasteiger partial charge < -0.3 is 9.47 Å². The largest absolute Gasteiger partial charge is 0.358 e. The highest BCUT2D eigenvalue weighted by Crippen LogP contribution is 2.04. The molecule has 0 aromatic carbocycles. The maximum Gasteiger partial charge on any atom is 0.184 e. The minimum Gasteiger partial charge on any atom is -0.358 e. The van der Waals surface area contributed by atoms with Crippen molar-refractivity contribution in [2.75, 3.05) is 14.2 Å². The Morgan fingerprint density at radius 2 is 1.88 bits per heavy atom. The zero-order valence-electron chi connectivity index (χ0n) is 5.60. The molecule has 0 N–H and O–H groups in total. The van der Waals surface area contributed by atoms with Gasteiger partial charge in [0.1, 0.15) is 5.69 Å². The molecule has 8 heavy (non-hydrogen) atoms. The summed E-state index contributed by atoms with van der Waals surface area (Å²) in [6.07, 6.45) is 1.60. The van der Waals surface area contributed by atoms with Gasteiger partial charge in [0, 0.05) is 14.2 Å². The van der Waals surface area contributed by atoms with Gasteiger partial charge in [-0.05, 0) is 6.08 Å². The Morgan fingerprint density at radius 1 is 1.50 bits per heavy atom. The second-order valence-corrected chi connectivity index (χ2v) is 1.63. The van der Waals surface area contributed by atoms with E-state index in [1.54, 1.807) is 28.1 Å². The first-order valence-electron chi connectivity index (χ1n) is 2.42. The average Bonchev–Trinajstić information content (AvgIpc) is 1.87. The molecule has 0 atom stereocenters. The van der Waals surface area contributed by atoms with Crippen molar-refractivity contribution in [3.05, 3.63) is 12.7 Å². The Bertz CT molecular complexity index is 78.5. The van der Waals surface area contributed by atoms with E-state index in [0.29, 0.717) is 0 Å². The first-order valence-corrected chi connectivity index (χ1v) is 2.42. The summed E-state index contributed by atoms with van der Waals surface area (Å²) in [7, 11) is 4.94. The van der Waals surface area contributed by atoms with Crippen molar-refractivity contribution in [2.45, 2.75) is 5.69 Å². The van der Waals surface area contributed by atoms with Crippen LogP contribution in [0.3, 0.4) is 0 Å². The minimum absolute atomic E-state index is 0.611. The molecule has 0 aliphatic heterocycles. The molecular formula is C5H11BO2. The zero-order valence-corrected chi connectivity index (χ0v) is 5.60. The van der Waals surface area contributed by atoms with Crippen LogP contribution in [0.2, 0.25) is 0 Å². The van der Waals surface area contributed by atoms with E-state index in [0.717, 1.165) is 0 Å². The van der Waals surface area contributed by atoms with Gasteiger partial charge in [-0.2, -0.15) is 0 Å². The molecule has 0 bridgehead atoms. The Morgan fingerprint density at radius 3 is 1.88 bits per heavy atom. The molecule has 0 rings (SSSR count). The van der Waals surface area contributed by atoms with Gasteiger partial charge >= 0.3 is 0 Å². The van der Waals surface area contributed by atoms with Crippen LogP contribution in [-0.2, 0) is 9.47 Å². The molecule has 46 valence electrons. The van der Waals surface area contributed by atoms with Crippen molar-refractivity contribution in [1.29, 1.82) is 0 Å². The number of ether oxygens (including phenoxy) is 2. The lowest BCUT2D eigenvalue weighted by atomic mass is 9.95. The SMILES string of the molecule is BC(C=C)(OC)OC. The summed E-state index contributed by atoms with van der Waals surface area (Å²) in [5, 5.41) is 0. The summed E-state index contributed by atoms with van der Waals surface area (Å²) in [4.78, 5) is 0. The van der Waals surface area contributed by atoms with Crippen LogP contribution in [0.15, 0.2) is 12.7 Å². The van der Waals surface area contributed by atoms with Crippen molar-refractivity contribution < 1.29 is 9.47 Å². The van der Waals surface area contributed by atoms with Crippen molar-refractivity contribution in [1.82, 2.24) is 0 Å². The fourth-order valence-electron chi connectivity index (χ4n) is 0.250. The highest BCUT2D eigenvalue weighted by Gasteiger charge is 2.15. The molecule has 0 aromatic heterocycles. The fourth-order valence-corrected chi connectivity index (χ4v) is 0.250.